The highest BCUT2D eigenvalue weighted by molar-refractivity contribution is 7.99. The molecule has 3 aromatic rings. The maximum atomic E-state index is 9.38. The van der Waals surface area contributed by atoms with Crippen molar-refractivity contribution in [2.75, 3.05) is 0 Å². The van der Waals surface area contributed by atoms with E-state index >= 15 is 0 Å². The zero-order valence-corrected chi connectivity index (χ0v) is 12.2. The van der Waals surface area contributed by atoms with Crippen molar-refractivity contribution in [3.05, 3.63) is 47.4 Å². The summed E-state index contributed by atoms with van der Waals surface area (Å²) in [5.41, 5.74) is 1.28. The fraction of sp³-hybridized carbons (Fsp3) is 0.0833. The van der Waals surface area contributed by atoms with Crippen LogP contribution in [0.25, 0.3) is 5.69 Å². The van der Waals surface area contributed by atoms with Crippen LogP contribution in [0.1, 0.15) is 5.56 Å². The first-order chi connectivity index (χ1) is 10.3. The van der Waals surface area contributed by atoms with Gasteiger partial charge in [-0.15, -0.1) is 5.10 Å². The highest BCUT2D eigenvalue weighted by atomic mass is 35.5. The van der Waals surface area contributed by atoms with Crippen molar-refractivity contribution in [1.82, 2.24) is 30.2 Å². The summed E-state index contributed by atoms with van der Waals surface area (Å²) in [6.45, 7) is -0.255. The maximum absolute atomic E-state index is 9.38. The average Bonchev–Trinajstić information content (AvgIpc) is 2.97. The number of benzene rings is 1. The molecule has 21 heavy (non-hydrogen) atoms. The van der Waals surface area contributed by atoms with Gasteiger partial charge in [-0.1, -0.05) is 29.8 Å². The van der Waals surface area contributed by atoms with Crippen molar-refractivity contribution in [3.8, 4) is 5.69 Å². The Morgan fingerprint density at radius 3 is 2.76 bits per heavy atom. The molecule has 0 spiro atoms. The third-order valence-electron chi connectivity index (χ3n) is 2.64. The Bertz CT molecular complexity index is 751. The van der Waals surface area contributed by atoms with Crippen molar-refractivity contribution in [3.63, 3.8) is 0 Å². The van der Waals surface area contributed by atoms with Crippen molar-refractivity contribution < 1.29 is 5.11 Å². The van der Waals surface area contributed by atoms with Crippen LogP contribution in [-0.4, -0.2) is 35.3 Å². The number of rotatable bonds is 4. The second-order valence-electron chi connectivity index (χ2n) is 3.92. The summed E-state index contributed by atoms with van der Waals surface area (Å²) in [5, 5.41) is 22.2. The fourth-order valence-corrected chi connectivity index (χ4v) is 2.77. The summed E-state index contributed by atoms with van der Waals surface area (Å²) in [6, 6.07) is 9.48. The number of halogens is 1. The van der Waals surface area contributed by atoms with E-state index in [0.717, 1.165) is 5.69 Å². The quantitative estimate of drug-likeness (QED) is 0.732. The molecule has 0 amide bonds. The van der Waals surface area contributed by atoms with E-state index in [0.29, 0.717) is 15.7 Å². The van der Waals surface area contributed by atoms with Crippen LogP contribution in [0.15, 0.2) is 46.8 Å². The van der Waals surface area contributed by atoms with Gasteiger partial charge in [-0.05, 0) is 34.3 Å². The molecule has 0 aliphatic heterocycles. The molecule has 0 atom stereocenters. The Labute approximate surface area is 129 Å². The number of nitrogens with zero attached hydrogens (tertiary/aromatic N) is 6. The first-order valence-electron chi connectivity index (χ1n) is 5.91. The zero-order chi connectivity index (χ0) is 14.7. The number of aliphatic hydroxyl groups excluding tert-OH is 1. The molecular formula is C12H9ClN6OS. The number of tetrazole rings is 1. The fourth-order valence-electron chi connectivity index (χ4n) is 1.66. The second-order valence-corrected chi connectivity index (χ2v) is 5.23. The van der Waals surface area contributed by atoms with E-state index in [1.54, 1.807) is 4.68 Å². The molecule has 3 rings (SSSR count). The summed E-state index contributed by atoms with van der Waals surface area (Å²) in [7, 11) is 0. The van der Waals surface area contributed by atoms with Gasteiger partial charge < -0.3 is 5.11 Å². The van der Waals surface area contributed by atoms with E-state index in [2.05, 4.69) is 25.5 Å². The monoisotopic (exact) mass is 320 g/mol. The summed E-state index contributed by atoms with van der Waals surface area (Å²) in [6.07, 6.45) is 1.33. The zero-order valence-electron chi connectivity index (χ0n) is 10.6. The molecule has 9 heteroatoms. The van der Waals surface area contributed by atoms with Crippen LogP contribution in [0.5, 0.6) is 0 Å². The lowest BCUT2D eigenvalue weighted by Gasteiger charge is -2.07. The number of hydrogen-bond donors (Lipinski definition) is 1. The Kier molecular flexibility index (Phi) is 4.09. The normalized spacial score (nSPS) is 10.8. The van der Waals surface area contributed by atoms with Crippen molar-refractivity contribution >= 4 is 23.4 Å². The minimum absolute atomic E-state index is 0.216. The Morgan fingerprint density at radius 2 is 2.00 bits per heavy atom. The molecule has 0 fully saturated rings. The molecule has 2 aromatic heterocycles. The van der Waals surface area contributed by atoms with E-state index in [-0.39, 0.29) is 11.8 Å². The average molecular weight is 321 g/mol. The molecule has 0 unspecified atom stereocenters. The van der Waals surface area contributed by atoms with Crippen LogP contribution in [0.3, 0.4) is 0 Å². The Balaban J connectivity index is 1.98. The van der Waals surface area contributed by atoms with Gasteiger partial charge in [0.15, 0.2) is 0 Å². The predicted octanol–water partition coefficient (Wildman–Crippen LogP) is 1.75. The molecule has 2 heterocycles. The lowest BCUT2D eigenvalue weighted by Crippen LogP contribution is -2.00. The van der Waals surface area contributed by atoms with Crippen LogP contribution in [-0.2, 0) is 6.61 Å². The molecule has 0 aliphatic carbocycles. The number of hydrogen-bond acceptors (Lipinski definition) is 7. The second kappa shape index (κ2) is 6.17. The van der Waals surface area contributed by atoms with Crippen molar-refractivity contribution in [2.45, 2.75) is 16.8 Å². The molecular weight excluding hydrogens is 312 g/mol. The molecule has 1 aromatic carbocycles. The summed E-state index contributed by atoms with van der Waals surface area (Å²) in [5.74, 6) is 0. The Morgan fingerprint density at radius 1 is 1.19 bits per heavy atom. The minimum atomic E-state index is -0.255. The lowest BCUT2D eigenvalue weighted by molar-refractivity contribution is 0.277. The molecule has 0 aliphatic rings. The Hall–Kier alpha value is -2.03. The molecule has 7 nitrogen and oxygen atoms in total. The van der Waals surface area contributed by atoms with E-state index in [1.807, 2.05) is 30.3 Å². The standard InChI is InChI=1S/C12H9ClN6OS/c13-10-9(6-20)11(15-7-14-10)21-12-16-17-18-19(12)8-4-2-1-3-5-8/h1-5,7,20H,6H2. The van der Waals surface area contributed by atoms with Crippen LogP contribution in [0, 0.1) is 0 Å². The molecule has 0 saturated carbocycles. The molecule has 1 N–H and O–H groups in total. The molecule has 0 saturated heterocycles. The van der Waals surface area contributed by atoms with Crippen LogP contribution < -0.4 is 0 Å². The van der Waals surface area contributed by atoms with Gasteiger partial charge in [0.05, 0.1) is 12.3 Å². The van der Waals surface area contributed by atoms with Crippen molar-refractivity contribution in [1.29, 1.82) is 0 Å². The largest absolute Gasteiger partial charge is 0.391 e. The van der Waals surface area contributed by atoms with Crippen molar-refractivity contribution in [2.24, 2.45) is 0 Å². The molecule has 0 bridgehead atoms. The summed E-state index contributed by atoms with van der Waals surface area (Å²) >= 11 is 7.16. The van der Waals surface area contributed by atoms with E-state index in [9.17, 15) is 5.11 Å². The van der Waals surface area contributed by atoms with Gasteiger partial charge in [-0.25, -0.2) is 9.97 Å². The van der Waals surface area contributed by atoms with Gasteiger partial charge in [0, 0.05) is 5.56 Å². The van der Waals surface area contributed by atoms with E-state index < -0.39 is 0 Å². The van der Waals surface area contributed by atoms with Crippen LogP contribution >= 0.6 is 23.4 Å². The number of para-hydroxylation sites is 1. The highest BCUT2D eigenvalue weighted by Gasteiger charge is 2.15. The maximum Gasteiger partial charge on any atom is 0.220 e. The van der Waals surface area contributed by atoms with Gasteiger partial charge in [0.25, 0.3) is 0 Å². The van der Waals surface area contributed by atoms with E-state index in [4.69, 9.17) is 11.6 Å². The van der Waals surface area contributed by atoms with Gasteiger partial charge in [0.1, 0.15) is 16.5 Å². The number of aliphatic hydroxyl groups is 1. The minimum Gasteiger partial charge on any atom is -0.391 e. The van der Waals surface area contributed by atoms with Gasteiger partial charge in [-0.3, -0.25) is 0 Å². The topological polar surface area (TPSA) is 89.6 Å². The summed E-state index contributed by atoms with van der Waals surface area (Å²) in [4.78, 5) is 7.96. The lowest BCUT2D eigenvalue weighted by atomic mass is 10.3. The van der Waals surface area contributed by atoms with Gasteiger partial charge >= 0.3 is 0 Å². The first kappa shape index (κ1) is 13.9. The SMILES string of the molecule is OCc1c(Cl)ncnc1Sc1nnnn1-c1ccccc1. The smallest absolute Gasteiger partial charge is 0.220 e. The molecule has 0 radical (unpaired) electrons. The van der Waals surface area contributed by atoms with Gasteiger partial charge in [-0.2, -0.15) is 4.68 Å². The third kappa shape index (κ3) is 2.87. The van der Waals surface area contributed by atoms with Gasteiger partial charge in [0.2, 0.25) is 5.16 Å². The predicted molar refractivity (Wildman–Crippen MR) is 76.2 cm³/mol. The highest BCUT2D eigenvalue weighted by Crippen LogP contribution is 2.30. The molecule has 106 valence electrons. The number of aromatic nitrogens is 6. The first-order valence-corrected chi connectivity index (χ1v) is 7.11. The summed E-state index contributed by atoms with van der Waals surface area (Å²) < 4.78 is 1.59. The van der Waals surface area contributed by atoms with Crippen LogP contribution in [0.4, 0.5) is 0 Å². The van der Waals surface area contributed by atoms with E-state index in [1.165, 1.54) is 18.1 Å². The third-order valence-corrected chi connectivity index (χ3v) is 3.95. The van der Waals surface area contributed by atoms with Crippen LogP contribution in [0.2, 0.25) is 5.15 Å².